The molecule has 2 heterocycles. The Balaban J connectivity index is 1.77. The molecule has 0 radical (unpaired) electrons. The summed E-state index contributed by atoms with van der Waals surface area (Å²) in [5.41, 5.74) is 7.36. The highest BCUT2D eigenvalue weighted by atomic mass is 15.3. The molecular weight excluding hydrogens is 226 g/mol. The van der Waals surface area contributed by atoms with Crippen molar-refractivity contribution in [3.8, 4) is 0 Å². The van der Waals surface area contributed by atoms with E-state index in [1.165, 1.54) is 26.1 Å². The maximum Gasteiger partial charge on any atom is 0.0537 e. The number of piperazine rings is 1. The Hall–Kier alpha value is -0.910. The minimum Gasteiger partial charge on any atom is -0.323 e. The molecule has 5 heteroatoms. The van der Waals surface area contributed by atoms with Gasteiger partial charge in [0.25, 0.3) is 0 Å². The molecule has 5 nitrogen and oxygen atoms in total. The smallest absolute Gasteiger partial charge is 0.0537 e. The first-order valence-electron chi connectivity index (χ1n) is 6.88. The Labute approximate surface area is 110 Å². The number of aryl methyl sites for hydroxylation is 1. The van der Waals surface area contributed by atoms with Gasteiger partial charge < -0.3 is 10.6 Å². The first-order valence-corrected chi connectivity index (χ1v) is 6.88. The molecule has 0 aliphatic carbocycles. The van der Waals surface area contributed by atoms with Gasteiger partial charge in [-0.15, -0.1) is 0 Å². The van der Waals surface area contributed by atoms with Crippen LogP contribution in [0, 0.1) is 0 Å². The van der Waals surface area contributed by atoms with Crippen LogP contribution >= 0.6 is 0 Å². The normalized spacial score (nSPS) is 20.2. The summed E-state index contributed by atoms with van der Waals surface area (Å²) in [6.07, 6.45) is 5.13. The van der Waals surface area contributed by atoms with Crippen LogP contribution in [0.25, 0.3) is 0 Å². The minimum atomic E-state index is 0.0800. The SMILES string of the molecule is CCCN1CCN(CC(N)c2cnn(C)c2)CC1. The number of rotatable bonds is 5. The highest BCUT2D eigenvalue weighted by Gasteiger charge is 2.19. The van der Waals surface area contributed by atoms with Gasteiger partial charge in [0.1, 0.15) is 0 Å². The van der Waals surface area contributed by atoms with Gasteiger partial charge in [0.05, 0.1) is 6.20 Å². The third-order valence-corrected chi connectivity index (χ3v) is 3.61. The van der Waals surface area contributed by atoms with Crippen LogP contribution in [0.3, 0.4) is 0 Å². The van der Waals surface area contributed by atoms with Crippen molar-refractivity contribution in [2.24, 2.45) is 12.8 Å². The van der Waals surface area contributed by atoms with E-state index in [1.54, 1.807) is 0 Å². The van der Waals surface area contributed by atoms with Crippen molar-refractivity contribution in [2.75, 3.05) is 39.3 Å². The van der Waals surface area contributed by atoms with Gasteiger partial charge in [-0.25, -0.2) is 0 Å². The fourth-order valence-electron chi connectivity index (χ4n) is 2.53. The first kappa shape index (κ1) is 13.5. The molecule has 0 aromatic carbocycles. The lowest BCUT2D eigenvalue weighted by Crippen LogP contribution is -2.48. The summed E-state index contributed by atoms with van der Waals surface area (Å²) in [5.74, 6) is 0. The number of nitrogens with zero attached hydrogens (tertiary/aromatic N) is 4. The summed E-state index contributed by atoms with van der Waals surface area (Å²) < 4.78 is 1.81. The average Bonchev–Trinajstić information content (AvgIpc) is 2.79. The molecule has 1 aliphatic rings. The molecule has 1 saturated heterocycles. The first-order chi connectivity index (χ1) is 8.69. The lowest BCUT2D eigenvalue weighted by molar-refractivity contribution is 0.127. The van der Waals surface area contributed by atoms with E-state index in [0.717, 1.165) is 25.2 Å². The summed E-state index contributed by atoms with van der Waals surface area (Å²) in [5, 5.41) is 4.18. The van der Waals surface area contributed by atoms with Crippen molar-refractivity contribution >= 4 is 0 Å². The van der Waals surface area contributed by atoms with Crippen molar-refractivity contribution in [3.05, 3.63) is 18.0 Å². The van der Waals surface area contributed by atoms with Crippen molar-refractivity contribution < 1.29 is 0 Å². The molecule has 1 atom stereocenters. The minimum absolute atomic E-state index is 0.0800. The molecule has 1 aromatic rings. The van der Waals surface area contributed by atoms with E-state index in [2.05, 4.69) is 21.8 Å². The number of nitrogens with two attached hydrogens (primary N) is 1. The quantitative estimate of drug-likeness (QED) is 0.825. The number of aromatic nitrogens is 2. The molecule has 18 heavy (non-hydrogen) atoms. The van der Waals surface area contributed by atoms with Gasteiger partial charge >= 0.3 is 0 Å². The van der Waals surface area contributed by atoms with Crippen LogP contribution in [0.5, 0.6) is 0 Å². The highest BCUT2D eigenvalue weighted by Crippen LogP contribution is 2.12. The molecule has 1 fully saturated rings. The lowest BCUT2D eigenvalue weighted by atomic mass is 10.1. The van der Waals surface area contributed by atoms with Gasteiger partial charge in [-0.05, 0) is 13.0 Å². The summed E-state index contributed by atoms with van der Waals surface area (Å²) >= 11 is 0. The maximum absolute atomic E-state index is 6.22. The molecule has 0 saturated carbocycles. The van der Waals surface area contributed by atoms with E-state index < -0.39 is 0 Å². The Morgan fingerprint density at radius 3 is 2.50 bits per heavy atom. The fraction of sp³-hybridized carbons (Fsp3) is 0.769. The summed E-state index contributed by atoms with van der Waals surface area (Å²) in [4.78, 5) is 5.00. The Bertz CT molecular complexity index is 354. The molecular formula is C13H25N5. The van der Waals surface area contributed by atoms with E-state index in [0.29, 0.717) is 0 Å². The molecule has 2 N–H and O–H groups in total. The van der Waals surface area contributed by atoms with Crippen molar-refractivity contribution in [1.29, 1.82) is 0 Å². The van der Waals surface area contributed by atoms with Crippen LogP contribution in [0.15, 0.2) is 12.4 Å². The maximum atomic E-state index is 6.22. The number of hydrogen-bond acceptors (Lipinski definition) is 4. The van der Waals surface area contributed by atoms with E-state index >= 15 is 0 Å². The lowest BCUT2D eigenvalue weighted by Gasteiger charge is -2.35. The van der Waals surface area contributed by atoms with Crippen LogP contribution in [0.4, 0.5) is 0 Å². The van der Waals surface area contributed by atoms with Gasteiger partial charge in [-0.1, -0.05) is 6.92 Å². The largest absolute Gasteiger partial charge is 0.323 e. The van der Waals surface area contributed by atoms with Gasteiger partial charge in [-0.2, -0.15) is 5.10 Å². The van der Waals surface area contributed by atoms with Crippen LogP contribution in [0.2, 0.25) is 0 Å². The third-order valence-electron chi connectivity index (χ3n) is 3.61. The standard InChI is InChI=1S/C13H25N5/c1-3-4-17-5-7-18(8-6-17)11-13(14)12-9-15-16(2)10-12/h9-10,13H,3-8,11,14H2,1-2H3. The van der Waals surface area contributed by atoms with Crippen LogP contribution in [-0.2, 0) is 7.05 Å². The predicted molar refractivity (Wildman–Crippen MR) is 73.3 cm³/mol. The second-order valence-corrected chi connectivity index (χ2v) is 5.20. The molecule has 0 bridgehead atoms. The van der Waals surface area contributed by atoms with Crippen molar-refractivity contribution in [2.45, 2.75) is 19.4 Å². The van der Waals surface area contributed by atoms with Gasteiger partial charge in [-0.3, -0.25) is 9.58 Å². The molecule has 0 amide bonds. The topological polar surface area (TPSA) is 50.3 Å². The Morgan fingerprint density at radius 2 is 1.94 bits per heavy atom. The molecule has 102 valence electrons. The third kappa shape index (κ3) is 3.54. The van der Waals surface area contributed by atoms with E-state index in [9.17, 15) is 0 Å². The summed E-state index contributed by atoms with van der Waals surface area (Å²) in [6.45, 7) is 9.02. The van der Waals surface area contributed by atoms with Crippen LogP contribution in [0.1, 0.15) is 24.9 Å². The molecule has 1 aliphatic heterocycles. The van der Waals surface area contributed by atoms with E-state index in [-0.39, 0.29) is 6.04 Å². The fourth-order valence-corrected chi connectivity index (χ4v) is 2.53. The van der Waals surface area contributed by atoms with Crippen LogP contribution < -0.4 is 5.73 Å². The zero-order valence-corrected chi connectivity index (χ0v) is 11.5. The molecule has 0 spiro atoms. The second-order valence-electron chi connectivity index (χ2n) is 5.20. The van der Waals surface area contributed by atoms with E-state index in [1.807, 2.05) is 24.1 Å². The van der Waals surface area contributed by atoms with E-state index in [4.69, 9.17) is 5.73 Å². The van der Waals surface area contributed by atoms with Gasteiger partial charge in [0.15, 0.2) is 0 Å². The zero-order valence-electron chi connectivity index (χ0n) is 11.5. The molecule has 1 aromatic heterocycles. The second kappa shape index (κ2) is 6.31. The predicted octanol–water partition coefficient (Wildman–Crippen LogP) is 0.448. The Kier molecular flexibility index (Phi) is 4.74. The van der Waals surface area contributed by atoms with Gasteiger partial charge in [0.2, 0.25) is 0 Å². The van der Waals surface area contributed by atoms with Crippen molar-refractivity contribution in [3.63, 3.8) is 0 Å². The Morgan fingerprint density at radius 1 is 1.28 bits per heavy atom. The highest BCUT2D eigenvalue weighted by molar-refractivity contribution is 5.10. The number of hydrogen-bond donors (Lipinski definition) is 1. The summed E-state index contributed by atoms with van der Waals surface area (Å²) in [6, 6.07) is 0.0800. The summed E-state index contributed by atoms with van der Waals surface area (Å²) in [7, 11) is 1.93. The monoisotopic (exact) mass is 251 g/mol. The van der Waals surface area contributed by atoms with Crippen molar-refractivity contribution in [1.82, 2.24) is 19.6 Å². The molecule has 2 rings (SSSR count). The molecule has 1 unspecified atom stereocenters. The zero-order chi connectivity index (χ0) is 13.0. The van der Waals surface area contributed by atoms with Gasteiger partial charge in [0, 0.05) is 57.6 Å². The average molecular weight is 251 g/mol. The van der Waals surface area contributed by atoms with Crippen LogP contribution in [-0.4, -0.2) is 58.8 Å².